The molecule has 3 rings (SSSR count). The average molecular weight is 339 g/mol. The van der Waals surface area contributed by atoms with Gasteiger partial charge in [0.25, 0.3) is 0 Å². The second kappa shape index (κ2) is 4.83. The van der Waals surface area contributed by atoms with Gasteiger partial charge in [-0.3, -0.25) is 0 Å². The molecule has 0 saturated heterocycles. The van der Waals surface area contributed by atoms with E-state index in [9.17, 15) is 0 Å². The molecule has 1 aromatic carbocycles. The van der Waals surface area contributed by atoms with Crippen molar-refractivity contribution in [3.63, 3.8) is 0 Å². The number of aromatic nitrogens is 3. The molecule has 0 aliphatic heterocycles. The van der Waals surface area contributed by atoms with E-state index >= 15 is 0 Å². The molecule has 6 heteroatoms. The van der Waals surface area contributed by atoms with Gasteiger partial charge in [0.1, 0.15) is 10.4 Å². The lowest BCUT2D eigenvalue weighted by molar-refractivity contribution is 0.416. The molecular weight excluding hydrogens is 330 g/mol. The van der Waals surface area contributed by atoms with Crippen LogP contribution in [0.2, 0.25) is 5.02 Å². The lowest BCUT2D eigenvalue weighted by atomic mass is 10.1. The molecule has 3 aromatic rings. The minimum Gasteiger partial charge on any atom is -0.496 e. The van der Waals surface area contributed by atoms with Crippen LogP contribution in [0.5, 0.6) is 5.75 Å². The van der Waals surface area contributed by atoms with E-state index < -0.39 is 0 Å². The van der Waals surface area contributed by atoms with Gasteiger partial charge in [0.05, 0.1) is 19.0 Å². The Morgan fingerprint density at radius 1 is 1.26 bits per heavy atom. The van der Waals surface area contributed by atoms with E-state index in [-0.39, 0.29) is 0 Å². The molecular formula is C13H9BrClN3O. The summed E-state index contributed by atoms with van der Waals surface area (Å²) >= 11 is 9.44. The monoisotopic (exact) mass is 337 g/mol. The number of rotatable bonds is 2. The SMILES string of the molecule is COc1ccc(Cl)cc1-c1ccc2ncc(Br)n2n1. The van der Waals surface area contributed by atoms with Crippen molar-refractivity contribution < 1.29 is 4.74 Å². The molecule has 2 heterocycles. The summed E-state index contributed by atoms with van der Waals surface area (Å²) in [5.74, 6) is 0.729. The quantitative estimate of drug-likeness (QED) is 0.713. The zero-order chi connectivity index (χ0) is 13.4. The van der Waals surface area contributed by atoms with Crippen molar-refractivity contribution >= 4 is 33.2 Å². The average Bonchev–Trinajstić information content (AvgIpc) is 2.80. The maximum Gasteiger partial charge on any atom is 0.154 e. The summed E-state index contributed by atoms with van der Waals surface area (Å²) < 4.78 is 7.86. The highest BCUT2D eigenvalue weighted by Crippen LogP contribution is 2.31. The van der Waals surface area contributed by atoms with Gasteiger partial charge in [-0.2, -0.15) is 5.10 Å². The van der Waals surface area contributed by atoms with Crippen LogP contribution in [0, 0.1) is 0 Å². The Kier molecular flexibility index (Phi) is 3.16. The summed E-state index contributed by atoms with van der Waals surface area (Å²) in [6.07, 6.45) is 1.71. The van der Waals surface area contributed by atoms with E-state index in [1.165, 1.54) is 0 Å². The fourth-order valence-corrected chi connectivity index (χ4v) is 2.40. The second-order valence-corrected chi connectivity index (χ2v) is 5.16. The number of nitrogens with zero attached hydrogens (tertiary/aromatic N) is 3. The van der Waals surface area contributed by atoms with E-state index in [0.29, 0.717) is 5.02 Å². The number of benzene rings is 1. The van der Waals surface area contributed by atoms with Crippen LogP contribution in [-0.2, 0) is 0 Å². The molecule has 0 bridgehead atoms. The van der Waals surface area contributed by atoms with E-state index in [2.05, 4.69) is 26.0 Å². The molecule has 0 N–H and O–H groups in total. The Labute approximate surface area is 123 Å². The van der Waals surface area contributed by atoms with Crippen molar-refractivity contribution in [3.05, 3.63) is 46.2 Å². The van der Waals surface area contributed by atoms with E-state index in [1.807, 2.05) is 24.3 Å². The maximum atomic E-state index is 6.04. The number of fused-ring (bicyclic) bond motifs is 1. The number of ether oxygens (including phenoxy) is 1. The van der Waals surface area contributed by atoms with Crippen LogP contribution in [0.1, 0.15) is 0 Å². The van der Waals surface area contributed by atoms with Crippen LogP contribution in [0.4, 0.5) is 0 Å². The lowest BCUT2D eigenvalue weighted by Crippen LogP contribution is -1.96. The molecule has 96 valence electrons. The molecule has 4 nitrogen and oxygen atoms in total. The highest BCUT2D eigenvalue weighted by molar-refractivity contribution is 9.10. The van der Waals surface area contributed by atoms with Gasteiger partial charge in [-0.15, -0.1) is 0 Å². The van der Waals surface area contributed by atoms with Crippen LogP contribution >= 0.6 is 27.5 Å². The van der Waals surface area contributed by atoms with Crippen LogP contribution in [0.25, 0.3) is 16.9 Å². The molecule has 19 heavy (non-hydrogen) atoms. The largest absolute Gasteiger partial charge is 0.496 e. The zero-order valence-corrected chi connectivity index (χ0v) is 12.3. The van der Waals surface area contributed by atoms with Crippen LogP contribution in [-0.4, -0.2) is 21.7 Å². The Morgan fingerprint density at radius 3 is 2.89 bits per heavy atom. The zero-order valence-electron chi connectivity index (χ0n) is 9.97. The molecule has 0 radical (unpaired) electrons. The van der Waals surface area contributed by atoms with E-state index in [1.54, 1.807) is 23.9 Å². The van der Waals surface area contributed by atoms with Crippen LogP contribution < -0.4 is 4.74 Å². The first-order valence-corrected chi connectivity index (χ1v) is 6.70. The first-order chi connectivity index (χ1) is 9.19. The third kappa shape index (κ3) is 2.19. The van der Waals surface area contributed by atoms with Gasteiger partial charge >= 0.3 is 0 Å². The summed E-state index contributed by atoms with van der Waals surface area (Å²) in [7, 11) is 1.62. The van der Waals surface area contributed by atoms with Crippen molar-refractivity contribution in [3.8, 4) is 17.0 Å². The van der Waals surface area contributed by atoms with Gasteiger partial charge in [-0.05, 0) is 46.3 Å². The smallest absolute Gasteiger partial charge is 0.154 e. The Morgan fingerprint density at radius 2 is 2.11 bits per heavy atom. The van der Waals surface area contributed by atoms with Gasteiger partial charge in [-0.25, -0.2) is 9.50 Å². The summed E-state index contributed by atoms with van der Waals surface area (Å²) in [6, 6.07) is 9.23. The highest BCUT2D eigenvalue weighted by Gasteiger charge is 2.10. The third-order valence-electron chi connectivity index (χ3n) is 2.76. The Balaban J connectivity index is 2.23. The highest BCUT2D eigenvalue weighted by atomic mass is 79.9. The van der Waals surface area contributed by atoms with E-state index in [0.717, 1.165) is 27.3 Å². The second-order valence-electron chi connectivity index (χ2n) is 3.91. The maximum absolute atomic E-state index is 6.04. The molecule has 0 amide bonds. The van der Waals surface area contributed by atoms with Crippen molar-refractivity contribution in [1.29, 1.82) is 0 Å². The predicted molar refractivity (Wildman–Crippen MR) is 77.7 cm³/mol. The van der Waals surface area contributed by atoms with Crippen molar-refractivity contribution in [2.75, 3.05) is 7.11 Å². The normalized spacial score (nSPS) is 10.9. The molecule has 0 aliphatic carbocycles. The van der Waals surface area contributed by atoms with E-state index in [4.69, 9.17) is 16.3 Å². The van der Waals surface area contributed by atoms with Gasteiger partial charge in [0.15, 0.2) is 5.65 Å². The van der Waals surface area contributed by atoms with Gasteiger partial charge in [0, 0.05) is 10.6 Å². The van der Waals surface area contributed by atoms with Crippen molar-refractivity contribution in [2.45, 2.75) is 0 Å². The Hall–Kier alpha value is -1.59. The fourth-order valence-electron chi connectivity index (χ4n) is 1.87. The summed E-state index contributed by atoms with van der Waals surface area (Å²) in [6.45, 7) is 0. The fraction of sp³-hybridized carbons (Fsp3) is 0.0769. The van der Waals surface area contributed by atoms with Gasteiger partial charge in [0.2, 0.25) is 0 Å². The minimum absolute atomic E-state index is 0.641. The van der Waals surface area contributed by atoms with Crippen LogP contribution in [0.3, 0.4) is 0 Å². The lowest BCUT2D eigenvalue weighted by Gasteiger charge is -2.08. The first-order valence-electron chi connectivity index (χ1n) is 5.53. The number of hydrogen-bond donors (Lipinski definition) is 0. The minimum atomic E-state index is 0.641. The van der Waals surface area contributed by atoms with Crippen LogP contribution in [0.15, 0.2) is 41.1 Å². The molecule has 0 spiro atoms. The van der Waals surface area contributed by atoms with Gasteiger partial charge < -0.3 is 4.74 Å². The number of methoxy groups -OCH3 is 1. The molecule has 0 atom stereocenters. The third-order valence-corrected chi connectivity index (χ3v) is 3.53. The molecule has 0 unspecified atom stereocenters. The summed E-state index contributed by atoms with van der Waals surface area (Å²) in [4.78, 5) is 4.21. The first kappa shape index (κ1) is 12.4. The summed E-state index contributed by atoms with van der Waals surface area (Å²) in [5.41, 5.74) is 2.39. The molecule has 2 aromatic heterocycles. The van der Waals surface area contributed by atoms with Crippen molar-refractivity contribution in [1.82, 2.24) is 14.6 Å². The number of hydrogen-bond acceptors (Lipinski definition) is 3. The van der Waals surface area contributed by atoms with Gasteiger partial charge in [-0.1, -0.05) is 11.6 Å². The Bertz CT molecular complexity index is 757. The van der Waals surface area contributed by atoms with Crippen molar-refractivity contribution in [2.24, 2.45) is 0 Å². The molecule has 0 saturated carbocycles. The predicted octanol–water partition coefficient (Wildman–Crippen LogP) is 3.82. The number of halogens is 2. The standard InChI is InChI=1S/C13H9BrClN3O/c1-19-11-4-2-8(15)6-9(11)10-3-5-13-16-7-12(14)18(13)17-10/h2-7H,1H3. The summed E-state index contributed by atoms with van der Waals surface area (Å²) in [5, 5.41) is 5.16. The number of imidazole rings is 1. The topological polar surface area (TPSA) is 39.4 Å². The molecule has 0 fully saturated rings. The molecule has 0 aliphatic rings.